The van der Waals surface area contributed by atoms with Gasteiger partial charge in [0.25, 0.3) is 0 Å². The van der Waals surface area contributed by atoms with E-state index >= 15 is 0 Å². The number of hydrogen-bond acceptors (Lipinski definition) is 5. The van der Waals surface area contributed by atoms with E-state index in [-0.39, 0.29) is 18.1 Å². The Balaban J connectivity index is 1.24. The highest BCUT2D eigenvalue weighted by Gasteiger charge is 2.19. The summed E-state index contributed by atoms with van der Waals surface area (Å²) in [5.41, 5.74) is 2.35. The van der Waals surface area contributed by atoms with Crippen molar-refractivity contribution in [2.45, 2.75) is 38.6 Å². The Morgan fingerprint density at radius 3 is 2.69 bits per heavy atom. The average Bonchev–Trinajstić information content (AvgIpc) is 3.42. The second-order valence-electron chi connectivity index (χ2n) is 8.29. The number of phenolic OH excluding ortho intramolecular Hbond substituents is 1. The maximum Gasteiger partial charge on any atom is 0.228 e. The molecule has 1 aromatic heterocycles. The van der Waals surface area contributed by atoms with Gasteiger partial charge in [-0.25, -0.2) is 4.68 Å². The van der Waals surface area contributed by atoms with Gasteiger partial charge in [-0.05, 0) is 74.7 Å². The third-order valence-electron chi connectivity index (χ3n) is 5.82. The largest absolute Gasteiger partial charge is 0.508 e. The summed E-state index contributed by atoms with van der Waals surface area (Å²) in [7, 11) is 0. The topological polar surface area (TPSA) is 79.6 Å². The molecule has 0 radical (unpaired) electrons. The van der Waals surface area contributed by atoms with Crippen LogP contribution >= 0.6 is 0 Å². The number of benzene rings is 2. The smallest absolute Gasteiger partial charge is 0.228 e. The lowest BCUT2D eigenvalue weighted by atomic mass is 10.1. The van der Waals surface area contributed by atoms with Crippen LogP contribution in [0, 0.1) is 0 Å². The second-order valence-corrected chi connectivity index (χ2v) is 8.29. The van der Waals surface area contributed by atoms with Crippen LogP contribution in [0.15, 0.2) is 60.9 Å². The molecule has 3 aromatic rings. The molecule has 0 bridgehead atoms. The predicted molar refractivity (Wildman–Crippen MR) is 124 cm³/mol. The monoisotopic (exact) mass is 434 g/mol. The molecule has 168 valence electrons. The Hall–Kier alpha value is -3.32. The summed E-state index contributed by atoms with van der Waals surface area (Å²) in [6.07, 6.45) is 7.27. The molecule has 7 nitrogen and oxygen atoms in total. The number of aromatic nitrogens is 2. The molecule has 1 aliphatic rings. The van der Waals surface area contributed by atoms with E-state index in [1.165, 1.54) is 19.4 Å². The van der Waals surface area contributed by atoms with Crippen LogP contribution in [0.25, 0.3) is 5.69 Å². The highest BCUT2D eigenvalue weighted by molar-refractivity contribution is 5.92. The molecule has 32 heavy (non-hydrogen) atoms. The summed E-state index contributed by atoms with van der Waals surface area (Å²) >= 11 is 0. The van der Waals surface area contributed by atoms with Crippen LogP contribution < -0.4 is 10.1 Å². The van der Waals surface area contributed by atoms with E-state index in [1.54, 1.807) is 41.3 Å². The van der Waals surface area contributed by atoms with Crippen molar-refractivity contribution >= 4 is 11.6 Å². The van der Waals surface area contributed by atoms with Crippen molar-refractivity contribution in [2.24, 2.45) is 0 Å². The lowest BCUT2D eigenvalue weighted by molar-refractivity contribution is -0.115. The Labute approximate surface area is 188 Å². The van der Waals surface area contributed by atoms with E-state index in [9.17, 15) is 9.90 Å². The molecule has 1 atom stereocenters. The number of nitrogens with zero attached hydrogens (tertiary/aromatic N) is 3. The molecule has 7 heteroatoms. The molecule has 1 saturated heterocycles. The summed E-state index contributed by atoms with van der Waals surface area (Å²) in [6.45, 7) is 5.31. The molecular weight excluding hydrogens is 404 g/mol. The van der Waals surface area contributed by atoms with Gasteiger partial charge in [-0.15, -0.1) is 0 Å². The zero-order valence-electron chi connectivity index (χ0n) is 18.4. The normalized spacial score (nSPS) is 16.2. The molecule has 4 rings (SSSR count). The van der Waals surface area contributed by atoms with Gasteiger partial charge in [0, 0.05) is 12.6 Å². The molecular formula is C25H30N4O3. The maximum absolute atomic E-state index is 12.3. The maximum atomic E-state index is 12.3. The van der Waals surface area contributed by atoms with E-state index < -0.39 is 0 Å². The fraction of sp³-hybridized carbons (Fsp3) is 0.360. The number of nitrogens with one attached hydrogen (secondary N) is 1. The van der Waals surface area contributed by atoms with Crippen LogP contribution in [-0.2, 0) is 11.2 Å². The van der Waals surface area contributed by atoms with E-state index in [4.69, 9.17) is 4.74 Å². The first kappa shape index (κ1) is 21.9. The summed E-state index contributed by atoms with van der Waals surface area (Å²) in [6, 6.07) is 15.1. The Bertz CT molecular complexity index is 1010. The lowest BCUT2D eigenvalue weighted by Crippen LogP contribution is -2.28. The van der Waals surface area contributed by atoms with E-state index in [0.717, 1.165) is 30.0 Å². The minimum Gasteiger partial charge on any atom is -0.508 e. The Morgan fingerprint density at radius 1 is 1.19 bits per heavy atom. The first-order chi connectivity index (χ1) is 15.6. The first-order valence-electron chi connectivity index (χ1n) is 11.2. The van der Waals surface area contributed by atoms with Gasteiger partial charge in [-0.3, -0.25) is 4.79 Å². The van der Waals surface area contributed by atoms with Gasteiger partial charge < -0.3 is 20.1 Å². The van der Waals surface area contributed by atoms with Crippen LogP contribution in [0.4, 0.5) is 5.69 Å². The number of rotatable bonds is 9. The number of ether oxygens (including phenoxy) is 1. The molecule has 1 amide bonds. The summed E-state index contributed by atoms with van der Waals surface area (Å²) in [4.78, 5) is 14.8. The number of aromatic hydroxyl groups is 1. The van der Waals surface area contributed by atoms with Crippen molar-refractivity contribution in [3.05, 3.63) is 66.5 Å². The number of carbonyl (C=O) groups is 1. The third-order valence-corrected chi connectivity index (χ3v) is 5.82. The van der Waals surface area contributed by atoms with Crippen LogP contribution in [0.5, 0.6) is 11.5 Å². The molecule has 2 heterocycles. The van der Waals surface area contributed by atoms with Crippen molar-refractivity contribution < 1.29 is 14.6 Å². The number of carbonyl (C=O) groups excluding carboxylic acids is 1. The van der Waals surface area contributed by atoms with Gasteiger partial charge in [0.05, 0.1) is 36.8 Å². The fourth-order valence-corrected chi connectivity index (χ4v) is 4.01. The van der Waals surface area contributed by atoms with Crippen molar-refractivity contribution in [1.82, 2.24) is 14.7 Å². The van der Waals surface area contributed by atoms with Crippen molar-refractivity contribution in [3.63, 3.8) is 0 Å². The van der Waals surface area contributed by atoms with Gasteiger partial charge in [0.15, 0.2) is 0 Å². The number of amides is 1. The van der Waals surface area contributed by atoms with E-state index in [0.29, 0.717) is 18.3 Å². The van der Waals surface area contributed by atoms with Crippen LogP contribution in [0.3, 0.4) is 0 Å². The number of phenols is 1. The third kappa shape index (κ3) is 5.88. The zero-order chi connectivity index (χ0) is 22.3. The van der Waals surface area contributed by atoms with Crippen molar-refractivity contribution in [1.29, 1.82) is 0 Å². The molecule has 0 saturated carbocycles. The standard InChI is InChI=1S/C25H30N4O3/c1-19-4-2-13-28(19)14-3-15-32-24-11-7-22(8-12-24)29-18-21(17-26-29)27-25(31)16-20-5-9-23(30)10-6-20/h5-12,17-19,30H,2-4,13-16H2,1H3,(H,27,31)/t19-/m1/s1. The Morgan fingerprint density at radius 2 is 1.97 bits per heavy atom. The molecule has 2 aromatic carbocycles. The lowest BCUT2D eigenvalue weighted by Gasteiger charge is -2.20. The van der Waals surface area contributed by atoms with E-state index in [2.05, 4.69) is 22.2 Å². The highest BCUT2D eigenvalue weighted by atomic mass is 16.5. The first-order valence-corrected chi connectivity index (χ1v) is 11.2. The van der Waals surface area contributed by atoms with Gasteiger partial charge in [-0.2, -0.15) is 5.10 Å². The Kier molecular flexibility index (Phi) is 7.07. The summed E-state index contributed by atoms with van der Waals surface area (Å²) in [5, 5.41) is 16.5. The average molecular weight is 435 g/mol. The molecule has 2 N–H and O–H groups in total. The zero-order valence-corrected chi connectivity index (χ0v) is 18.4. The molecule has 1 aliphatic heterocycles. The SMILES string of the molecule is C[C@@H]1CCCN1CCCOc1ccc(-n2cc(NC(=O)Cc3ccc(O)cc3)cn2)cc1. The van der Waals surface area contributed by atoms with Crippen LogP contribution in [-0.4, -0.2) is 51.4 Å². The molecule has 0 spiro atoms. The molecule has 0 aliphatic carbocycles. The van der Waals surface area contributed by atoms with Crippen LogP contribution in [0.1, 0.15) is 31.7 Å². The van der Waals surface area contributed by atoms with Crippen LogP contribution in [0.2, 0.25) is 0 Å². The van der Waals surface area contributed by atoms with E-state index in [1.807, 2.05) is 24.3 Å². The minimum atomic E-state index is -0.137. The molecule has 0 unspecified atom stereocenters. The number of hydrogen-bond donors (Lipinski definition) is 2. The van der Waals surface area contributed by atoms with Gasteiger partial charge >= 0.3 is 0 Å². The highest BCUT2D eigenvalue weighted by Crippen LogP contribution is 2.19. The predicted octanol–water partition coefficient (Wildman–Crippen LogP) is 4.01. The minimum absolute atomic E-state index is 0.137. The quantitative estimate of drug-likeness (QED) is 0.498. The van der Waals surface area contributed by atoms with Crippen molar-refractivity contribution in [2.75, 3.05) is 25.0 Å². The number of anilines is 1. The number of likely N-dealkylation sites (tertiary alicyclic amines) is 1. The van der Waals surface area contributed by atoms with Crippen molar-refractivity contribution in [3.8, 4) is 17.2 Å². The summed E-state index contributed by atoms with van der Waals surface area (Å²) < 4.78 is 7.60. The van der Waals surface area contributed by atoms with Gasteiger partial charge in [0.1, 0.15) is 11.5 Å². The second kappa shape index (κ2) is 10.3. The van der Waals surface area contributed by atoms with Gasteiger partial charge in [0.2, 0.25) is 5.91 Å². The van der Waals surface area contributed by atoms with Gasteiger partial charge in [-0.1, -0.05) is 12.1 Å². The summed E-state index contributed by atoms with van der Waals surface area (Å²) in [5.74, 6) is 0.892. The fourth-order valence-electron chi connectivity index (χ4n) is 4.01. The molecule has 1 fully saturated rings.